The Labute approximate surface area is 147 Å². The molecule has 0 bridgehead atoms. The van der Waals surface area contributed by atoms with Crippen molar-refractivity contribution in [3.63, 3.8) is 0 Å². The van der Waals surface area contributed by atoms with E-state index in [-0.39, 0.29) is 6.79 Å². The Morgan fingerprint density at radius 1 is 1.21 bits per heavy atom. The molecule has 6 heteroatoms. The summed E-state index contributed by atoms with van der Waals surface area (Å²) in [6.07, 6.45) is 0. The summed E-state index contributed by atoms with van der Waals surface area (Å²) in [7, 11) is 0. The van der Waals surface area contributed by atoms with Gasteiger partial charge in [-0.05, 0) is 35.9 Å². The van der Waals surface area contributed by atoms with Crippen LogP contribution in [0.3, 0.4) is 0 Å². The highest BCUT2D eigenvalue weighted by atomic mass is 32.2. The zero-order valence-electron chi connectivity index (χ0n) is 12.8. The predicted octanol–water partition coefficient (Wildman–Crippen LogP) is 3.03. The average Bonchev–Trinajstić information content (AvgIpc) is 3.18. The van der Waals surface area contributed by atoms with Crippen LogP contribution in [0.4, 0.5) is 0 Å². The van der Waals surface area contributed by atoms with E-state index in [1.54, 1.807) is 11.8 Å². The third-order valence-corrected chi connectivity index (χ3v) is 5.60. The van der Waals surface area contributed by atoms with Gasteiger partial charge in [0.1, 0.15) is 10.4 Å². The first kappa shape index (κ1) is 15.4. The molecular formula is C18H15NO3S2. The molecule has 0 unspecified atom stereocenters. The zero-order valence-corrected chi connectivity index (χ0v) is 14.5. The predicted molar refractivity (Wildman–Crippen MR) is 99.2 cm³/mol. The summed E-state index contributed by atoms with van der Waals surface area (Å²) >= 11 is 3.19. The quantitative estimate of drug-likeness (QED) is 0.778. The van der Waals surface area contributed by atoms with Gasteiger partial charge in [0.15, 0.2) is 11.5 Å². The number of fused-ring (bicyclic) bond motifs is 2. The summed E-state index contributed by atoms with van der Waals surface area (Å²) < 4.78 is 12.5. The fourth-order valence-electron chi connectivity index (χ4n) is 2.53. The highest BCUT2D eigenvalue weighted by molar-refractivity contribution is 7.98. The van der Waals surface area contributed by atoms with Gasteiger partial charge in [0.25, 0.3) is 0 Å². The number of ether oxygens (including phenoxy) is 2. The Morgan fingerprint density at radius 3 is 3.00 bits per heavy atom. The Bertz CT molecular complexity index is 1010. The SMILES string of the molecule is C=c1nc2cc/c(=C(/O)CSCc3ccc4c(c3)OCO4)cc2s1. The van der Waals surface area contributed by atoms with Crippen molar-refractivity contribution in [2.24, 2.45) is 0 Å². The lowest BCUT2D eigenvalue weighted by molar-refractivity contribution is 0.174. The largest absolute Gasteiger partial charge is 0.511 e. The number of nitrogens with zero attached hydrogens (tertiary/aromatic N) is 1. The van der Waals surface area contributed by atoms with Crippen molar-refractivity contribution in [3.8, 4) is 11.5 Å². The molecule has 2 heterocycles. The third kappa shape index (κ3) is 3.07. The summed E-state index contributed by atoms with van der Waals surface area (Å²) in [6, 6.07) is 11.7. The van der Waals surface area contributed by atoms with Gasteiger partial charge < -0.3 is 14.6 Å². The van der Waals surface area contributed by atoms with E-state index in [1.807, 2.05) is 36.4 Å². The summed E-state index contributed by atoms with van der Waals surface area (Å²) in [5.74, 6) is 3.31. The summed E-state index contributed by atoms with van der Waals surface area (Å²) in [5.41, 5.74) is 2.08. The Morgan fingerprint density at radius 2 is 2.08 bits per heavy atom. The van der Waals surface area contributed by atoms with Crippen LogP contribution in [-0.2, 0) is 5.75 Å². The zero-order chi connectivity index (χ0) is 16.5. The molecule has 24 heavy (non-hydrogen) atoms. The van der Waals surface area contributed by atoms with Crippen molar-refractivity contribution in [3.05, 3.63) is 51.8 Å². The molecule has 0 fully saturated rings. The molecule has 0 radical (unpaired) electrons. The van der Waals surface area contributed by atoms with E-state index >= 15 is 0 Å². The number of benzene rings is 2. The number of aliphatic hydroxyl groups is 1. The molecule has 2 aromatic carbocycles. The van der Waals surface area contributed by atoms with Crippen molar-refractivity contribution >= 4 is 45.7 Å². The van der Waals surface area contributed by atoms with E-state index in [4.69, 9.17) is 9.47 Å². The minimum Gasteiger partial charge on any atom is -0.511 e. The molecule has 122 valence electrons. The standard InChI is InChI=1S/C18H15NO3S2/c1-11-19-14-4-3-13(7-18(14)24-11)15(20)9-23-8-12-2-5-16-17(6-12)22-10-21-16/h2-7,20H,1,8-10H2/b15-13-. The Hall–Kier alpha value is -2.18. The van der Waals surface area contributed by atoms with Crippen LogP contribution in [0.1, 0.15) is 5.56 Å². The third-order valence-electron chi connectivity index (χ3n) is 3.71. The number of hydrogen-bond acceptors (Lipinski definition) is 6. The van der Waals surface area contributed by atoms with Gasteiger partial charge in [0.2, 0.25) is 6.79 Å². The van der Waals surface area contributed by atoms with Gasteiger partial charge >= 0.3 is 0 Å². The van der Waals surface area contributed by atoms with E-state index in [1.165, 1.54) is 11.3 Å². The number of thioether (sulfide) groups is 1. The van der Waals surface area contributed by atoms with Crippen LogP contribution >= 0.6 is 23.1 Å². The number of aliphatic hydroxyl groups excluding tert-OH is 1. The fraction of sp³-hybridized carbons (Fsp3) is 0.167. The van der Waals surface area contributed by atoms with Crippen LogP contribution in [0.5, 0.6) is 11.5 Å². The van der Waals surface area contributed by atoms with Crippen LogP contribution in [-0.4, -0.2) is 22.6 Å². The van der Waals surface area contributed by atoms with Crippen LogP contribution in [0, 0.1) is 0 Å². The van der Waals surface area contributed by atoms with E-state index in [0.29, 0.717) is 11.5 Å². The molecule has 1 aromatic heterocycles. The molecule has 0 aliphatic carbocycles. The van der Waals surface area contributed by atoms with Crippen molar-refractivity contribution in [1.82, 2.24) is 4.98 Å². The molecule has 0 atom stereocenters. The molecular weight excluding hydrogens is 342 g/mol. The highest BCUT2D eigenvalue weighted by Gasteiger charge is 2.13. The van der Waals surface area contributed by atoms with Gasteiger partial charge in [-0.3, -0.25) is 0 Å². The normalized spacial score (nSPS) is 14.2. The second-order valence-corrected chi connectivity index (χ2v) is 7.52. The van der Waals surface area contributed by atoms with E-state index in [9.17, 15) is 5.11 Å². The molecule has 1 aliphatic rings. The summed E-state index contributed by atoms with van der Waals surface area (Å²) in [6.45, 7) is 4.14. The lowest BCUT2D eigenvalue weighted by Gasteiger charge is -2.04. The Kier molecular flexibility index (Phi) is 4.08. The van der Waals surface area contributed by atoms with E-state index in [2.05, 4.69) is 11.6 Å². The van der Waals surface area contributed by atoms with Crippen LogP contribution in [0.25, 0.3) is 22.6 Å². The van der Waals surface area contributed by atoms with Gasteiger partial charge in [-0.25, -0.2) is 4.98 Å². The molecule has 3 aromatic rings. The molecule has 0 spiro atoms. The monoisotopic (exact) mass is 357 g/mol. The molecule has 0 saturated heterocycles. The Balaban J connectivity index is 1.47. The maximum atomic E-state index is 10.3. The maximum absolute atomic E-state index is 10.3. The second kappa shape index (κ2) is 6.37. The molecule has 4 rings (SSSR count). The van der Waals surface area contributed by atoms with Gasteiger partial charge in [-0.1, -0.05) is 12.6 Å². The topological polar surface area (TPSA) is 51.6 Å². The van der Waals surface area contributed by atoms with Gasteiger partial charge in [-0.15, -0.1) is 23.1 Å². The first-order chi connectivity index (χ1) is 11.7. The van der Waals surface area contributed by atoms with Crippen molar-refractivity contribution < 1.29 is 14.6 Å². The molecule has 1 aliphatic heterocycles. The summed E-state index contributed by atoms with van der Waals surface area (Å²) in [4.78, 5) is 4.33. The van der Waals surface area contributed by atoms with Crippen LogP contribution in [0.15, 0.2) is 36.4 Å². The highest BCUT2D eigenvalue weighted by Crippen LogP contribution is 2.33. The van der Waals surface area contributed by atoms with Gasteiger partial charge in [0, 0.05) is 11.0 Å². The first-order valence-corrected chi connectivity index (χ1v) is 9.40. The number of rotatable bonds is 4. The second-order valence-electron chi connectivity index (χ2n) is 5.42. The van der Waals surface area contributed by atoms with Crippen molar-refractivity contribution in [1.29, 1.82) is 0 Å². The first-order valence-electron chi connectivity index (χ1n) is 7.43. The molecule has 1 N–H and O–H groups in total. The van der Waals surface area contributed by atoms with Gasteiger partial charge in [-0.2, -0.15) is 0 Å². The maximum Gasteiger partial charge on any atom is 0.231 e. The van der Waals surface area contributed by atoms with Crippen molar-refractivity contribution in [2.75, 3.05) is 12.5 Å². The smallest absolute Gasteiger partial charge is 0.231 e. The van der Waals surface area contributed by atoms with Crippen LogP contribution < -0.4 is 19.4 Å². The average molecular weight is 357 g/mol. The molecule has 0 saturated carbocycles. The number of thiazole rings is 1. The number of hydrogen-bond donors (Lipinski definition) is 1. The number of aromatic nitrogens is 1. The van der Waals surface area contributed by atoms with E-state index < -0.39 is 0 Å². The lowest BCUT2D eigenvalue weighted by atomic mass is 10.2. The van der Waals surface area contributed by atoms with Crippen LogP contribution in [0.2, 0.25) is 0 Å². The lowest BCUT2D eigenvalue weighted by Crippen LogP contribution is -2.06. The minimum atomic E-state index is 0.287. The minimum absolute atomic E-state index is 0.287. The molecule has 0 amide bonds. The molecule has 4 nitrogen and oxygen atoms in total. The fourth-order valence-corrected chi connectivity index (χ4v) is 4.21. The van der Waals surface area contributed by atoms with E-state index in [0.717, 1.165) is 42.9 Å². The van der Waals surface area contributed by atoms with Gasteiger partial charge in [0.05, 0.1) is 16.0 Å². The summed E-state index contributed by atoms with van der Waals surface area (Å²) in [5, 5.41) is 11.2. The van der Waals surface area contributed by atoms with Crippen molar-refractivity contribution in [2.45, 2.75) is 5.75 Å².